The van der Waals surface area contributed by atoms with Gasteiger partial charge in [0.15, 0.2) is 0 Å². The molecule has 0 unspecified atom stereocenters. The van der Waals surface area contributed by atoms with Crippen LogP contribution in [-0.2, 0) is 0 Å². The second kappa shape index (κ2) is 4.37. The van der Waals surface area contributed by atoms with Crippen LogP contribution in [0.15, 0.2) is 12.3 Å². The fraction of sp³-hybridized carbons (Fsp3) is 0.600. The normalized spacial score (nSPS) is 15.5. The van der Waals surface area contributed by atoms with E-state index in [9.17, 15) is 0 Å². The van der Waals surface area contributed by atoms with E-state index in [-0.39, 0.29) is 0 Å². The summed E-state index contributed by atoms with van der Waals surface area (Å²) >= 11 is 0. The first-order valence-electron chi connectivity index (χ1n) is 5.17. The lowest BCUT2D eigenvalue weighted by Gasteiger charge is -2.04. The fourth-order valence-electron chi connectivity index (χ4n) is 1.37. The third-order valence-corrected chi connectivity index (χ3v) is 2.34. The highest BCUT2D eigenvalue weighted by molar-refractivity contribution is 5.27. The topological polar surface area (TPSA) is 63.8 Å². The van der Waals surface area contributed by atoms with Crippen molar-refractivity contribution >= 4 is 5.95 Å². The Bertz CT molecular complexity index is 296. The van der Waals surface area contributed by atoms with Gasteiger partial charge in [-0.2, -0.15) is 0 Å². The van der Waals surface area contributed by atoms with Crippen LogP contribution in [-0.4, -0.2) is 23.1 Å². The van der Waals surface area contributed by atoms with Crippen LogP contribution < -0.4 is 11.1 Å². The Morgan fingerprint density at radius 1 is 1.50 bits per heavy atom. The molecule has 0 amide bonds. The Kier molecular flexibility index (Phi) is 2.93. The number of rotatable bonds is 5. The lowest BCUT2D eigenvalue weighted by atomic mass is 10.3. The van der Waals surface area contributed by atoms with E-state index in [1.807, 2.05) is 12.3 Å². The maximum Gasteiger partial charge on any atom is 0.222 e. The number of anilines is 1. The van der Waals surface area contributed by atoms with Crippen molar-refractivity contribution in [2.45, 2.75) is 25.2 Å². The lowest BCUT2D eigenvalue weighted by Crippen LogP contribution is -2.10. The molecule has 0 radical (unpaired) electrons. The molecule has 1 saturated carbocycles. The van der Waals surface area contributed by atoms with E-state index in [1.165, 1.54) is 18.5 Å². The molecule has 76 valence electrons. The van der Waals surface area contributed by atoms with Crippen molar-refractivity contribution in [3.05, 3.63) is 18.0 Å². The van der Waals surface area contributed by atoms with E-state index in [0.717, 1.165) is 18.9 Å². The van der Waals surface area contributed by atoms with Crippen LogP contribution in [0.4, 0.5) is 5.95 Å². The summed E-state index contributed by atoms with van der Waals surface area (Å²) < 4.78 is 0. The van der Waals surface area contributed by atoms with Gasteiger partial charge < -0.3 is 11.1 Å². The second-order valence-corrected chi connectivity index (χ2v) is 3.65. The summed E-state index contributed by atoms with van der Waals surface area (Å²) in [6.45, 7) is 1.56. The van der Waals surface area contributed by atoms with Gasteiger partial charge >= 0.3 is 0 Å². The molecule has 1 heterocycles. The molecule has 4 nitrogen and oxygen atoms in total. The standard InChI is InChI=1S/C10H16N4/c11-5-1-6-12-10-13-7-4-9(14-10)8-2-3-8/h4,7-8H,1-3,5-6,11H2,(H,12,13,14). The van der Waals surface area contributed by atoms with Gasteiger partial charge in [-0.15, -0.1) is 0 Å². The first kappa shape index (κ1) is 9.40. The molecule has 3 N–H and O–H groups in total. The number of nitrogens with zero attached hydrogens (tertiary/aromatic N) is 2. The monoisotopic (exact) mass is 192 g/mol. The molecule has 1 aromatic rings. The Morgan fingerprint density at radius 2 is 2.36 bits per heavy atom. The molecule has 0 atom stereocenters. The molecule has 2 rings (SSSR count). The van der Waals surface area contributed by atoms with Crippen molar-refractivity contribution in [2.75, 3.05) is 18.4 Å². The summed E-state index contributed by atoms with van der Waals surface area (Å²) in [4.78, 5) is 8.60. The smallest absolute Gasteiger partial charge is 0.222 e. The highest BCUT2D eigenvalue weighted by atomic mass is 15.1. The van der Waals surface area contributed by atoms with Crippen molar-refractivity contribution in [3.8, 4) is 0 Å². The van der Waals surface area contributed by atoms with E-state index in [1.54, 1.807) is 0 Å². The highest BCUT2D eigenvalue weighted by Gasteiger charge is 2.24. The van der Waals surface area contributed by atoms with Crippen molar-refractivity contribution in [2.24, 2.45) is 5.73 Å². The molecule has 1 aromatic heterocycles. The van der Waals surface area contributed by atoms with Gasteiger partial charge in [-0.3, -0.25) is 0 Å². The SMILES string of the molecule is NCCCNc1nccc(C2CC2)n1. The minimum absolute atomic E-state index is 0.688. The van der Waals surface area contributed by atoms with Crippen molar-refractivity contribution in [1.29, 1.82) is 0 Å². The molecule has 0 aromatic carbocycles. The van der Waals surface area contributed by atoms with Gasteiger partial charge in [-0.1, -0.05) is 0 Å². The van der Waals surface area contributed by atoms with Crippen LogP contribution in [0.3, 0.4) is 0 Å². The van der Waals surface area contributed by atoms with Crippen LogP contribution in [0.1, 0.15) is 30.9 Å². The average molecular weight is 192 g/mol. The Balaban J connectivity index is 1.92. The molecule has 0 aliphatic heterocycles. The number of aromatic nitrogens is 2. The largest absolute Gasteiger partial charge is 0.354 e. The maximum atomic E-state index is 5.40. The zero-order valence-electron chi connectivity index (χ0n) is 8.24. The van der Waals surface area contributed by atoms with Crippen molar-refractivity contribution in [1.82, 2.24) is 9.97 Å². The van der Waals surface area contributed by atoms with Gasteiger partial charge in [0.1, 0.15) is 0 Å². The van der Waals surface area contributed by atoms with Gasteiger partial charge in [-0.05, 0) is 31.9 Å². The van der Waals surface area contributed by atoms with Crippen LogP contribution in [0.25, 0.3) is 0 Å². The minimum atomic E-state index is 0.688. The molecule has 4 heteroatoms. The highest BCUT2D eigenvalue weighted by Crippen LogP contribution is 2.38. The first-order chi connectivity index (χ1) is 6.90. The van der Waals surface area contributed by atoms with E-state index >= 15 is 0 Å². The van der Waals surface area contributed by atoms with Gasteiger partial charge in [0.25, 0.3) is 0 Å². The van der Waals surface area contributed by atoms with Gasteiger partial charge in [0, 0.05) is 24.4 Å². The number of nitrogens with one attached hydrogen (secondary N) is 1. The Labute approximate surface area is 83.9 Å². The Hall–Kier alpha value is -1.16. The van der Waals surface area contributed by atoms with Crippen molar-refractivity contribution in [3.63, 3.8) is 0 Å². The zero-order chi connectivity index (χ0) is 9.80. The molecule has 0 saturated heterocycles. The molecule has 0 spiro atoms. The molecule has 1 fully saturated rings. The van der Waals surface area contributed by atoms with E-state index in [0.29, 0.717) is 12.5 Å². The first-order valence-corrected chi connectivity index (χ1v) is 5.17. The van der Waals surface area contributed by atoms with Gasteiger partial charge in [0.05, 0.1) is 0 Å². The molecular formula is C10H16N4. The second-order valence-electron chi connectivity index (χ2n) is 3.65. The maximum absolute atomic E-state index is 5.40. The van der Waals surface area contributed by atoms with Crippen LogP contribution in [0.5, 0.6) is 0 Å². The summed E-state index contributed by atoms with van der Waals surface area (Å²) in [6, 6.07) is 2.01. The predicted molar refractivity (Wildman–Crippen MR) is 56.2 cm³/mol. The lowest BCUT2D eigenvalue weighted by molar-refractivity contribution is 0.858. The van der Waals surface area contributed by atoms with E-state index in [4.69, 9.17) is 5.73 Å². The van der Waals surface area contributed by atoms with Crippen LogP contribution in [0, 0.1) is 0 Å². The third-order valence-electron chi connectivity index (χ3n) is 2.34. The molecular weight excluding hydrogens is 176 g/mol. The average Bonchev–Trinajstić information content (AvgIpc) is 3.02. The summed E-state index contributed by atoms with van der Waals surface area (Å²) in [5.74, 6) is 1.43. The number of hydrogen-bond acceptors (Lipinski definition) is 4. The zero-order valence-corrected chi connectivity index (χ0v) is 8.24. The van der Waals surface area contributed by atoms with Crippen LogP contribution in [0.2, 0.25) is 0 Å². The summed E-state index contributed by atoms with van der Waals surface area (Å²) in [5, 5.41) is 3.17. The number of nitrogens with two attached hydrogens (primary N) is 1. The Morgan fingerprint density at radius 3 is 3.07 bits per heavy atom. The van der Waals surface area contributed by atoms with E-state index < -0.39 is 0 Å². The fourth-order valence-corrected chi connectivity index (χ4v) is 1.37. The summed E-state index contributed by atoms with van der Waals surface area (Å²) in [7, 11) is 0. The van der Waals surface area contributed by atoms with Crippen molar-refractivity contribution < 1.29 is 0 Å². The van der Waals surface area contributed by atoms with Gasteiger partial charge in [0.2, 0.25) is 5.95 Å². The molecule has 1 aliphatic carbocycles. The van der Waals surface area contributed by atoms with E-state index in [2.05, 4.69) is 15.3 Å². The molecule has 1 aliphatic rings. The third kappa shape index (κ3) is 2.42. The minimum Gasteiger partial charge on any atom is -0.354 e. The number of hydrogen-bond donors (Lipinski definition) is 2. The molecule has 14 heavy (non-hydrogen) atoms. The molecule has 0 bridgehead atoms. The summed E-state index contributed by atoms with van der Waals surface area (Å²) in [5.41, 5.74) is 6.58. The van der Waals surface area contributed by atoms with Gasteiger partial charge in [-0.25, -0.2) is 9.97 Å². The summed E-state index contributed by atoms with van der Waals surface area (Å²) in [6.07, 6.45) is 5.33. The van der Waals surface area contributed by atoms with Crippen LogP contribution >= 0.6 is 0 Å². The predicted octanol–water partition coefficient (Wildman–Crippen LogP) is 1.11. The quantitative estimate of drug-likeness (QED) is 0.686.